The number of piperazine rings is 1. The van der Waals surface area contributed by atoms with Gasteiger partial charge in [-0.3, -0.25) is 19.8 Å². The summed E-state index contributed by atoms with van der Waals surface area (Å²) < 4.78 is 5.94. The van der Waals surface area contributed by atoms with Crippen molar-refractivity contribution in [2.45, 2.75) is 6.54 Å². The SMILES string of the molecule is Cl.Cl.O=C1C(=Cc2c[nH]c3cc([N+](=O)[O-])ccc23)Oc2c1ccc(O)c2CN1CCNCC1. The maximum atomic E-state index is 13.0. The summed E-state index contributed by atoms with van der Waals surface area (Å²) >= 11 is 0. The van der Waals surface area contributed by atoms with Crippen LogP contribution in [0.2, 0.25) is 0 Å². The minimum Gasteiger partial charge on any atom is -0.507 e. The number of H-pyrrole nitrogens is 1. The Kier molecular flexibility index (Phi) is 7.28. The molecule has 1 aromatic heterocycles. The van der Waals surface area contributed by atoms with Crippen molar-refractivity contribution in [1.82, 2.24) is 15.2 Å². The van der Waals surface area contributed by atoms with Gasteiger partial charge < -0.3 is 20.1 Å². The van der Waals surface area contributed by atoms with Crippen LogP contribution in [0, 0.1) is 10.1 Å². The Labute approximate surface area is 201 Å². The van der Waals surface area contributed by atoms with Gasteiger partial charge in [0.2, 0.25) is 5.78 Å². The van der Waals surface area contributed by atoms with Crippen LogP contribution in [0.5, 0.6) is 11.5 Å². The van der Waals surface area contributed by atoms with E-state index in [0.717, 1.165) is 31.6 Å². The van der Waals surface area contributed by atoms with Crippen molar-refractivity contribution < 1.29 is 19.6 Å². The van der Waals surface area contributed by atoms with Crippen molar-refractivity contribution in [3.63, 3.8) is 0 Å². The number of aromatic hydroxyl groups is 1. The number of nitro benzene ring substituents is 1. The lowest BCUT2D eigenvalue weighted by Crippen LogP contribution is -2.42. The number of allylic oxidation sites excluding steroid dienone is 1. The largest absolute Gasteiger partial charge is 0.507 e. The fourth-order valence-corrected chi connectivity index (χ4v) is 4.05. The number of ether oxygens (including phenoxy) is 1. The Balaban J connectivity index is 0.00000153. The number of aromatic amines is 1. The van der Waals surface area contributed by atoms with E-state index in [0.29, 0.717) is 34.5 Å². The summed E-state index contributed by atoms with van der Waals surface area (Å²) in [6.45, 7) is 3.94. The second kappa shape index (κ2) is 9.80. The molecule has 5 rings (SSSR count). The van der Waals surface area contributed by atoms with Crippen LogP contribution in [0.4, 0.5) is 5.69 Å². The van der Waals surface area contributed by atoms with Gasteiger partial charge in [0.25, 0.3) is 5.69 Å². The average molecular weight is 493 g/mol. The molecule has 3 aromatic rings. The maximum absolute atomic E-state index is 13.0. The minimum absolute atomic E-state index is 0. The molecule has 0 amide bonds. The monoisotopic (exact) mass is 492 g/mol. The minimum atomic E-state index is -0.453. The lowest BCUT2D eigenvalue weighted by Gasteiger charge is -2.27. The molecular weight excluding hydrogens is 471 g/mol. The Morgan fingerprint density at radius 2 is 1.94 bits per heavy atom. The number of carbonyl (C=O) groups is 1. The molecule has 0 unspecified atom stereocenters. The van der Waals surface area contributed by atoms with Crippen LogP contribution in [-0.4, -0.2) is 51.9 Å². The number of nitrogens with zero attached hydrogens (tertiary/aromatic N) is 2. The third-order valence-corrected chi connectivity index (χ3v) is 5.70. The number of hydrogen-bond donors (Lipinski definition) is 3. The van der Waals surface area contributed by atoms with E-state index < -0.39 is 4.92 Å². The number of nitro groups is 1. The standard InChI is InChI=1S/C22H20N4O5.2ClH/c27-19-4-3-16-21(28)20(31-22(16)17(19)12-25-7-5-23-6-8-25)9-13-11-24-18-10-14(26(29)30)1-2-15(13)18;;/h1-4,9-11,23-24,27H,5-8,12H2;2*1H. The van der Waals surface area contributed by atoms with E-state index >= 15 is 0 Å². The predicted molar refractivity (Wildman–Crippen MR) is 129 cm³/mol. The second-order valence-electron chi connectivity index (χ2n) is 7.64. The number of aromatic nitrogens is 1. The Bertz CT molecular complexity index is 1250. The number of ketones is 1. The summed E-state index contributed by atoms with van der Waals surface area (Å²) in [4.78, 5) is 28.7. The highest BCUT2D eigenvalue weighted by molar-refractivity contribution is 6.15. The van der Waals surface area contributed by atoms with Crippen molar-refractivity contribution in [3.05, 3.63) is 69.1 Å². The van der Waals surface area contributed by atoms with Gasteiger partial charge in [-0.15, -0.1) is 24.8 Å². The summed E-state index contributed by atoms with van der Waals surface area (Å²) in [7, 11) is 0. The van der Waals surface area contributed by atoms with Crippen molar-refractivity contribution in [3.8, 4) is 11.5 Å². The number of nitrogens with one attached hydrogen (secondary N) is 2. The first-order chi connectivity index (χ1) is 15.0. The molecule has 11 heteroatoms. The van der Waals surface area contributed by atoms with Gasteiger partial charge >= 0.3 is 0 Å². The second-order valence-corrected chi connectivity index (χ2v) is 7.64. The van der Waals surface area contributed by atoms with Crippen LogP contribution >= 0.6 is 24.8 Å². The average Bonchev–Trinajstić information content (AvgIpc) is 3.32. The Morgan fingerprint density at radius 1 is 1.18 bits per heavy atom. The van der Waals surface area contributed by atoms with E-state index in [9.17, 15) is 20.0 Å². The lowest BCUT2D eigenvalue weighted by molar-refractivity contribution is -0.384. The van der Waals surface area contributed by atoms with Gasteiger partial charge in [-0.1, -0.05) is 0 Å². The summed E-state index contributed by atoms with van der Waals surface area (Å²) in [5.41, 5.74) is 2.30. The highest BCUT2D eigenvalue weighted by atomic mass is 35.5. The number of hydrogen-bond acceptors (Lipinski definition) is 7. The van der Waals surface area contributed by atoms with Gasteiger partial charge in [0.1, 0.15) is 11.5 Å². The summed E-state index contributed by atoms with van der Waals surface area (Å²) in [6, 6.07) is 7.63. The van der Waals surface area contributed by atoms with Crippen LogP contribution in [0.1, 0.15) is 21.5 Å². The first kappa shape index (κ1) is 24.5. The fourth-order valence-electron chi connectivity index (χ4n) is 4.05. The van der Waals surface area contributed by atoms with Gasteiger partial charge in [0.15, 0.2) is 5.76 Å². The number of Topliss-reactive ketones (excluding diaryl/α,β-unsaturated/α-hetero) is 1. The van der Waals surface area contributed by atoms with Crippen molar-refractivity contribution >= 4 is 53.3 Å². The molecular formula is C22H22Cl2N4O5. The van der Waals surface area contributed by atoms with Crippen LogP contribution < -0.4 is 10.1 Å². The van der Waals surface area contributed by atoms with E-state index in [1.54, 1.807) is 24.4 Å². The molecule has 33 heavy (non-hydrogen) atoms. The number of phenolic OH excluding ortho intramolecular Hbond substituents is 1. The molecule has 9 nitrogen and oxygen atoms in total. The third kappa shape index (κ3) is 4.53. The van der Waals surface area contributed by atoms with Crippen LogP contribution in [0.15, 0.2) is 42.3 Å². The summed E-state index contributed by atoms with van der Waals surface area (Å²) in [6.07, 6.45) is 3.30. The molecule has 2 aliphatic rings. The Morgan fingerprint density at radius 3 is 2.67 bits per heavy atom. The zero-order valence-electron chi connectivity index (χ0n) is 17.4. The normalized spacial score (nSPS) is 16.7. The Hall–Kier alpha value is -3.11. The predicted octanol–water partition coefficient (Wildman–Crippen LogP) is 3.65. The molecule has 1 saturated heterocycles. The molecule has 2 aliphatic heterocycles. The van der Waals surface area contributed by atoms with Gasteiger partial charge in [-0.2, -0.15) is 0 Å². The van der Waals surface area contributed by atoms with E-state index in [2.05, 4.69) is 15.2 Å². The molecule has 174 valence electrons. The van der Waals surface area contributed by atoms with E-state index in [1.165, 1.54) is 18.2 Å². The third-order valence-electron chi connectivity index (χ3n) is 5.70. The van der Waals surface area contributed by atoms with Gasteiger partial charge in [-0.05, 0) is 24.3 Å². The highest BCUT2D eigenvalue weighted by Crippen LogP contribution is 2.40. The zero-order valence-corrected chi connectivity index (χ0v) is 19.0. The lowest BCUT2D eigenvalue weighted by atomic mass is 10.0. The van der Waals surface area contributed by atoms with Crippen molar-refractivity contribution in [2.24, 2.45) is 0 Å². The van der Waals surface area contributed by atoms with Crippen LogP contribution in [0.25, 0.3) is 17.0 Å². The van der Waals surface area contributed by atoms with Gasteiger partial charge in [0.05, 0.1) is 21.6 Å². The topological polar surface area (TPSA) is 121 Å². The maximum Gasteiger partial charge on any atom is 0.271 e. The molecule has 1 fully saturated rings. The van der Waals surface area contributed by atoms with Crippen LogP contribution in [-0.2, 0) is 6.54 Å². The van der Waals surface area contributed by atoms with Crippen LogP contribution in [0.3, 0.4) is 0 Å². The molecule has 0 saturated carbocycles. The molecule has 3 heterocycles. The molecule has 0 spiro atoms. The quantitative estimate of drug-likeness (QED) is 0.288. The molecule has 0 aliphatic carbocycles. The molecule has 2 aromatic carbocycles. The van der Waals surface area contributed by atoms with Crippen molar-refractivity contribution in [2.75, 3.05) is 26.2 Å². The first-order valence-electron chi connectivity index (χ1n) is 9.99. The van der Waals surface area contributed by atoms with E-state index in [-0.39, 0.29) is 47.8 Å². The summed E-state index contributed by atoms with van der Waals surface area (Å²) in [5.74, 6) is 0.394. The van der Waals surface area contributed by atoms with Gasteiger partial charge in [-0.25, -0.2) is 0 Å². The zero-order chi connectivity index (χ0) is 21.5. The first-order valence-corrected chi connectivity index (χ1v) is 9.99. The number of carbonyl (C=O) groups excluding carboxylic acids is 1. The number of rotatable bonds is 4. The number of fused-ring (bicyclic) bond motifs is 2. The summed E-state index contributed by atoms with van der Waals surface area (Å²) in [5, 5.41) is 25.5. The highest BCUT2D eigenvalue weighted by Gasteiger charge is 2.32. The fraction of sp³-hybridized carbons (Fsp3) is 0.227. The van der Waals surface area contributed by atoms with E-state index in [1.807, 2.05) is 0 Å². The molecule has 0 bridgehead atoms. The number of halogens is 2. The smallest absolute Gasteiger partial charge is 0.271 e. The number of phenols is 1. The molecule has 3 N–H and O–H groups in total. The van der Waals surface area contributed by atoms with E-state index in [4.69, 9.17) is 4.74 Å². The van der Waals surface area contributed by atoms with Gasteiger partial charge in [0, 0.05) is 62.0 Å². The molecule has 0 radical (unpaired) electrons. The molecule has 0 atom stereocenters. The number of benzene rings is 2. The van der Waals surface area contributed by atoms with Crippen molar-refractivity contribution in [1.29, 1.82) is 0 Å². The number of non-ortho nitro benzene ring substituents is 1.